The SMILES string of the molecule is Cc1cc(O)c2c(c1C)SCC(=O)O2. The molecule has 1 heterocycles. The van der Waals surface area contributed by atoms with E-state index in [4.69, 9.17) is 4.74 Å². The van der Waals surface area contributed by atoms with Gasteiger partial charge >= 0.3 is 5.97 Å². The number of aryl methyl sites for hydroxylation is 1. The third kappa shape index (κ3) is 1.35. The van der Waals surface area contributed by atoms with E-state index >= 15 is 0 Å². The first kappa shape index (κ1) is 9.40. The molecule has 0 saturated heterocycles. The molecular formula is C10H10O3S. The molecule has 3 nitrogen and oxygen atoms in total. The number of carbonyl (C=O) groups excluding carboxylic acids is 1. The Morgan fingerprint density at radius 1 is 1.50 bits per heavy atom. The van der Waals surface area contributed by atoms with Crippen LogP contribution in [-0.4, -0.2) is 16.8 Å². The largest absolute Gasteiger partial charge is 0.504 e. The number of esters is 1. The molecule has 0 aliphatic carbocycles. The van der Waals surface area contributed by atoms with Crippen molar-refractivity contribution >= 4 is 17.7 Å². The minimum Gasteiger partial charge on any atom is -0.504 e. The van der Waals surface area contributed by atoms with E-state index in [2.05, 4.69) is 0 Å². The van der Waals surface area contributed by atoms with Crippen LogP contribution in [-0.2, 0) is 4.79 Å². The molecule has 0 fully saturated rings. The molecule has 74 valence electrons. The molecular weight excluding hydrogens is 200 g/mol. The van der Waals surface area contributed by atoms with Gasteiger partial charge in [0, 0.05) is 0 Å². The Kier molecular flexibility index (Phi) is 2.15. The molecule has 0 bridgehead atoms. The van der Waals surface area contributed by atoms with Gasteiger partial charge in [0.25, 0.3) is 0 Å². The predicted molar refractivity (Wildman–Crippen MR) is 53.9 cm³/mol. The normalized spacial score (nSPS) is 14.9. The highest BCUT2D eigenvalue weighted by molar-refractivity contribution is 8.00. The van der Waals surface area contributed by atoms with Crippen LogP contribution in [0.5, 0.6) is 11.5 Å². The second kappa shape index (κ2) is 3.20. The Morgan fingerprint density at radius 3 is 2.93 bits per heavy atom. The topological polar surface area (TPSA) is 46.5 Å². The molecule has 0 saturated carbocycles. The summed E-state index contributed by atoms with van der Waals surface area (Å²) < 4.78 is 4.99. The Labute approximate surface area is 86.1 Å². The van der Waals surface area contributed by atoms with Crippen molar-refractivity contribution in [3.05, 3.63) is 17.2 Å². The van der Waals surface area contributed by atoms with Gasteiger partial charge in [0.1, 0.15) is 0 Å². The fourth-order valence-corrected chi connectivity index (χ4v) is 2.37. The molecule has 0 aromatic heterocycles. The van der Waals surface area contributed by atoms with Crippen LogP contribution < -0.4 is 4.74 Å². The summed E-state index contributed by atoms with van der Waals surface area (Å²) in [7, 11) is 0. The summed E-state index contributed by atoms with van der Waals surface area (Å²) in [6, 6.07) is 1.62. The van der Waals surface area contributed by atoms with Crippen molar-refractivity contribution in [1.82, 2.24) is 0 Å². The maximum absolute atomic E-state index is 11.0. The van der Waals surface area contributed by atoms with E-state index in [0.29, 0.717) is 11.5 Å². The van der Waals surface area contributed by atoms with Gasteiger partial charge in [0.05, 0.1) is 10.6 Å². The number of hydrogen-bond acceptors (Lipinski definition) is 4. The van der Waals surface area contributed by atoms with Crippen molar-refractivity contribution in [2.24, 2.45) is 0 Å². The fraction of sp³-hybridized carbons (Fsp3) is 0.300. The number of ether oxygens (including phenoxy) is 1. The number of phenols is 1. The number of carbonyl (C=O) groups is 1. The molecule has 1 aliphatic rings. The van der Waals surface area contributed by atoms with Gasteiger partial charge in [-0.15, -0.1) is 11.8 Å². The summed E-state index contributed by atoms with van der Waals surface area (Å²) in [6.07, 6.45) is 0. The number of thioether (sulfide) groups is 1. The lowest BCUT2D eigenvalue weighted by atomic mass is 10.1. The molecule has 2 rings (SSSR count). The van der Waals surface area contributed by atoms with E-state index in [1.807, 2.05) is 13.8 Å². The van der Waals surface area contributed by atoms with Crippen LogP contribution in [0.15, 0.2) is 11.0 Å². The average Bonchev–Trinajstić information content (AvgIpc) is 2.14. The van der Waals surface area contributed by atoms with Crippen LogP contribution in [0.1, 0.15) is 11.1 Å². The average molecular weight is 210 g/mol. The third-order valence-electron chi connectivity index (χ3n) is 2.27. The maximum Gasteiger partial charge on any atom is 0.321 e. The minimum absolute atomic E-state index is 0.0450. The lowest BCUT2D eigenvalue weighted by Crippen LogP contribution is -2.16. The molecule has 14 heavy (non-hydrogen) atoms. The zero-order chi connectivity index (χ0) is 10.3. The van der Waals surface area contributed by atoms with Gasteiger partial charge in [0.15, 0.2) is 11.5 Å². The van der Waals surface area contributed by atoms with E-state index in [9.17, 15) is 9.90 Å². The molecule has 1 aromatic rings. The number of fused-ring (bicyclic) bond motifs is 1. The third-order valence-corrected chi connectivity index (χ3v) is 3.43. The number of hydrogen-bond donors (Lipinski definition) is 1. The van der Waals surface area contributed by atoms with Crippen molar-refractivity contribution < 1.29 is 14.6 Å². The number of aromatic hydroxyl groups is 1. The number of benzene rings is 1. The van der Waals surface area contributed by atoms with Crippen LogP contribution in [0.4, 0.5) is 0 Å². The second-order valence-corrected chi connectivity index (χ2v) is 4.24. The lowest BCUT2D eigenvalue weighted by Gasteiger charge is -2.19. The number of rotatable bonds is 0. The Hall–Kier alpha value is -1.16. The van der Waals surface area contributed by atoms with Crippen LogP contribution in [0.25, 0.3) is 0 Å². The number of phenolic OH excluding ortho intramolecular Hbond substituents is 1. The van der Waals surface area contributed by atoms with E-state index in [1.54, 1.807) is 6.07 Å². The fourth-order valence-electron chi connectivity index (χ4n) is 1.39. The van der Waals surface area contributed by atoms with Gasteiger partial charge in [-0.05, 0) is 31.0 Å². The first-order chi connectivity index (χ1) is 6.59. The van der Waals surface area contributed by atoms with Gasteiger partial charge in [0.2, 0.25) is 0 Å². The summed E-state index contributed by atoms with van der Waals surface area (Å²) in [6.45, 7) is 3.88. The molecule has 1 aromatic carbocycles. The zero-order valence-electron chi connectivity index (χ0n) is 7.96. The standard InChI is InChI=1S/C10H10O3S/c1-5-3-7(11)9-10(6(5)2)14-4-8(12)13-9/h3,11H,4H2,1-2H3. The quantitative estimate of drug-likeness (QED) is 0.525. The maximum atomic E-state index is 11.0. The predicted octanol–water partition coefficient (Wildman–Crippen LogP) is 2.02. The summed E-state index contributed by atoms with van der Waals surface area (Å²) in [5, 5.41) is 9.59. The van der Waals surface area contributed by atoms with Crippen molar-refractivity contribution in [3.8, 4) is 11.5 Å². The van der Waals surface area contributed by atoms with E-state index in [0.717, 1.165) is 16.0 Å². The highest BCUT2D eigenvalue weighted by Gasteiger charge is 2.23. The Morgan fingerprint density at radius 2 is 2.21 bits per heavy atom. The van der Waals surface area contributed by atoms with Gasteiger partial charge in [-0.3, -0.25) is 4.79 Å². The van der Waals surface area contributed by atoms with E-state index < -0.39 is 0 Å². The Bertz CT molecular complexity index is 412. The van der Waals surface area contributed by atoms with Crippen molar-refractivity contribution in [2.45, 2.75) is 18.7 Å². The summed E-state index contributed by atoms with van der Waals surface area (Å²) in [4.78, 5) is 11.9. The summed E-state index contributed by atoms with van der Waals surface area (Å²) in [5.74, 6) is 0.371. The van der Waals surface area contributed by atoms with Gasteiger partial charge in [-0.2, -0.15) is 0 Å². The summed E-state index contributed by atoms with van der Waals surface area (Å²) >= 11 is 1.42. The first-order valence-corrected chi connectivity index (χ1v) is 5.25. The molecule has 0 amide bonds. The molecule has 1 N–H and O–H groups in total. The smallest absolute Gasteiger partial charge is 0.321 e. The van der Waals surface area contributed by atoms with Crippen LogP contribution in [0.2, 0.25) is 0 Å². The minimum atomic E-state index is -0.305. The lowest BCUT2D eigenvalue weighted by molar-refractivity contribution is -0.131. The van der Waals surface area contributed by atoms with Crippen LogP contribution in [0.3, 0.4) is 0 Å². The molecule has 0 spiro atoms. The monoisotopic (exact) mass is 210 g/mol. The van der Waals surface area contributed by atoms with Crippen LogP contribution in [0, 0.1) is 13.8 Å². The first-order valence-electron chi connectivity index (χ1n) is 4.26. The molecule has 4 heteroatoms. The highest BCUT2D eigenvalue weighted by Crippen LogP contribution is 2.43. The highest BCUT2D eigenvalue weighted by atomic mass is 32.2. The summed E-state index contributed by atoms with van der Waals surface area (Å²) in [5.41, 5.74) is 2.07. The van der Waals surface area contributed by atoms with Gasteiger partial charge in [-0.25, -0.2) is 0 Å². The van der Waals surface area contributed by atoms with Crippen molar-refractivity contribution in [1.29, 1.82) is 0 Å². The molecule has 0 radical (unpaired) electrons. The van der Waals surface area contributed by atoms with Gasteiger partial charge < -0.3 is 9.84 Å². The Balaban J connectivity index is 2.62. The van der Waals surface area contributed by atoms with Crippen molar-refractivity contribution in [2.75, 3.05) is 5.75 Å². The van der Waals surface area contributed by atoms with E-state index in [1.165, 1.54) is 11.8 Å². The molecule has 1 aliphatic heterocycles. The van der Waals surface area contributed by atoms with Crippen LogP contribution >= 0.6 is 11.8 Å². The van der Waals surface area contributed by atoms with E-state index in [-0.39, 0.29) is 11.7 Å². The van der Waals surface area contributed by atoms with Crippen molar-refractivity contribution in [3.63, 3.8) is 0 Å². The second-order valence-electron chi connectivity index (χ2n) is 3.26. The zero-order valence-corrected chi connectivity index (χ0v) is 8.77. The van der Waals surface area contributed by atoms with Gasteiger partial charge in [-0.1, -0.05) is 0 Å². The molecule has 0 unspecified atom stereocenters. The molecule has 0 atom stereocenters.